The molecule has 1 aromatic heterocycles. The van der Waals surface area contributed by atoms with E-state index in [0.29, 0.717) is 80.1 Å². The number of morpholine rings is 1. The first kappa shape index (κ1) is 22.3. The lowest BCUT2D eigenvalue weighted by Crippen LogP contribution is -2.47. The zero-order chi connectivity index (χ0) is 23.7. The number of para-hydroxylation sites is 1. The number of carbonyl (C=O) groups excluding carboxylic acids is 2. The van der Waals surface area contributed by atoms with Gasteiger partial charge in [0.05, 0.1) is 24.2 Å². The van der Waals surface area contributed by atoms with Crippen molar-refractivity contribution < 1.29 is 18.7 Å². The van der Waals surface area contributed by atoms with Gasteiger partial charge in [-0.3, -0.25) is 14.4 Å². The highest BCUT2D eigenvalue weighted by molar-refractivity contribution is 6.05. The minimum Gasteiger partial charge on any atom is -0.455 e. The third-order valence-corrected chi connectivity index (χ3v) is 6.87. The molecule has 7 heteroatoms. The Morgan fingerprint density at radius 3 is 2.29 bits per heavy atom. The van der Waals surface area contributed by atoms with Crippen molar-refractivity contribution in [2.45, 2.75) is 19.8 Å². The number of ether oxygens (including phenoxy) is 1. The van der Waals surface area contributed by atoms with Crippen molar-refractivity contribution >= 4 is 22.8 Å². The Morgan fingerprint density at radius 1 is 0.882 bits per heavy atom. The molecule has 2 saturated heterocycles. The van der Waals surface area contributed by atoms with E-state index in [1.54, 1.807) is 30.0 Å². The molecule has 2 aromatic carbocycles. The van der Waals surface area contributed by atoms with E-state index in [-0.39, 0.29) is 23.2 Å². The number of piperidine rings is 1. The van der Waals surface area contributed by atoms with Crippen LogP contribution in [0.4, 0.5) is 0 Å². The summed E-state index contributed by atoms with van der Waals surface area (Å²) >= 11 is 0. The minimum atomic E-state index is -0.172. The molecule has 3 aromatic rings. The summed E-state index contributed by atoms with van der Waals surface area (Å²) in [5.74, 6) is 0.400. The van der Waals surface area contributed by atoms with Crippen molar-refractivity contribution in [1.82, 2.24) is 9.80 Å². The molecule has 3 heterocycles. The smallest absolute Gasteiger partial charge is 0.257 e. The number of benzene rings is 2. The van der Waals surface area contributed by atoms with E-state index in [1.807, 2.05) is 35.2 Å². The average molecular weight is 461 g/mol. The van der Waals surface area contributed by atoms with Crippen molar-refractivity contribution in [3.63, 3.8) is 0 Å². The van der Waals surface area contributed by atoms with Crippen molar-refractivity contribution in [2.24, 2.45) is 5.92 Å². The molecule has 0 spiro atoms. The van der Waals surface area contributed by atoms with Crippen molar-refractivity contribution in [3.05, 3.63) is 69.9 Å². The van der Waals surface area contributed by atoms with Crippen LogP contribution >= 0.6 is 0 Å². The van der Waals surface area contributed by atoms with Gasteiger partial charge in [-0.05, 0) is 31.9 Å². The second kappa shape index (κ2) is 9.43. The summed E-state index contributed by atoms with van der Waals surface area (Å²) in [5, 5.41) is 0.403. The summed E-state index contributed by atoms with van der Waals surface area (Å²) in [6.07, 6.45) is 1.26. The molecular formula is C27H28N2O5. The molecule has 2 aliphatic rings. The Morgan fingerprint density at radius 2 is 1.59 bits per heavy atom. The molecule has 0 unspecified atom stereocenters. The SMILES string of the molecule is Cc1c(-c2ccccc2)oc2c(C(=O)N3CCC(C(=O)N4CCOCC4)CC3)cccc2c1=O. The summed E-state index contributed by atoms with van der Waals surface area (Å²) in [4.78, 5) is 43.1. The number of fused-ring (bicyclic) bond motifs is 1. The molecule has 0 aliphatic carbocycles. The van der Waals surface area contributed by atoms with Gasteiger partial charge in [0.15, 0.2) is 11.0 Å². The maximum atomic E-state index is 13.5. The highest BCUT2D eigenvalue weighted by Gasteiger charge is 2.32. The molecule has 34 heavy (non-hydrogen) atoms. The minimum absolute atomic E-state index is 0.0695. The molecule has 0 saturated carbocycles. The van der Waals surface area contributed by atoms with E-state index in [4.69, 9.17) is 9.15 Å². The number of rotatable bonds is 3. The molecule has 0 atom stereocenters. The van der Waals surface area contributed by atoms with Crippen LogP contribution < -0.4 is 5.43 Å². The van der Waals surface area contributed by atoms with Gasteiger partial charge in [-0.2, -0.15) is 0 Å². The molecule has 2 aliphatic heterocycles. The Labute approximate surface area is 197 Å². The topological polar surface area (TPSA) is 80.1 Å². The third-order valence-electron chi connectivity index (χ3n) is 6.87. The zero-order valence-corrected chi connectivity index (χ0v) is 19.3. The summed E-state index contributed by atoms with van der Waals surface area (Å²) < 4.78 is 11.6. The lowest BCUT2D eigenvalue weighted by atomic mass is 9.94. The van der Waals surface area contributed by atoms with Gasteiger partial charge in [-0.25, -0.2) is 0 Å². The molecule has 2 amide bonds. The van der Waals surface area contributed by atoms with Crippen LogP contribution in [0.15, 0.2) is 57.7 Å². The molecule has 0 radical (unpaired) electrons. The normalized spacial score (nSPS) is 17.2. The molecule has 2 fully saturated rings. The van der Waals surface area contributed by atoms with Gasteiger partial charge in [0.25, 0.3) is 5.91 Å². The lowest BCUT2D eigenvalue weighted by Gasteiger charge is -2.35. The Balaban J connectivity index is 1.40. The highest BCUT2D eigenvalue weighted by Crippen LogP contribution is 2.29. The zero-order valence-electron chi connectivity index (χ0n) is 19.3. The van der Waals surface area contributed by atoms with Crippen LogP contribution in [-0.4, -0.2) is 61.0 Å². The lowest BCUT2D eigenvalue weighted by molar-refractivity contribution is -0.141. The van der Waals surface area contributed by atoms with Gasteiger partial charge in [-0.15, -0.1) is 0 Å². The van der Waals surface area contributed by atoms with Crippen molar-refractivity contribution in [1.29, 1.82) is 0 Å². The van der Waals surface area contributed by atoms with Crippen molar-refractivity contribution in [3.8, 4) is 11.3 Å². The standard InChI is InChI=1S/C27H28N2O5/c1-18-23(30)21-8-5-9-22(25(21)34-24(18)19-6-3-2-4-7-19)27(32)28-12-10-20(11-13-28)26(31)29-14-16-33-17-15-29/h2-9,20H,10-17H2,1H3. The van der Waals surface area contributed by atoms with E-state index in [9.17, 15) is 14.4 Å². The van der Waals surface area contributed by atoms with Crippen LogP contribution in [-0.2, 0) is 9.53 Å². The summed E-state index contributed by atoms with van der Waals surface area (Å²) in [6, 6.07) is 14.6. The molecule has 0 bridgehead atoms. The number of hydrogen-bond donors (Lipinski definition) is 0. The Kier molecular flexibility index (Phi) is 6.20. The molecule has 176 valence electrons. The van der Waals surface area contributed by atoms with Crippen LogP contribution in [0.25, 0.3) is 22.3 Å². The number of nitrogens with zero attached hydrogens (tertiary/aromatic N) is 2. The van der Waals surface area contributed by atoms with Crippen molar-refractivity contribution in [2.75, 3.05) is 39.4 Å². The second-order valence-electron chi connectivity index (χ2n) is 8.94. The van der Waals surface area contributed by atoms with E-state index in [2.05, 4.69) is 0 Å². The molecule has 7 nitrogen and oxygen atoms in total. The van der Waals surface area contributed by atoms with E-state index >= 15 is 0 Å². The maximum absolute atomic E-state index is 13.5. The Hall–Kier alpha value is -3.45. The summed E-state index contributed by atoms with van der Waals surface area (Å²) in [5.41, 5.74) is 1.87. The van der Waals surface area contributed by atoms with Crippen LogP contribution in [0.5, 0.6) is 0 Å². The second-order valence-corrected chi connectivity index (χ2v) is 8.94. The van der Waals surface area contributed by atoms with Crippen LogP contribution in [0.1, 0.15) is 28.8 Å². The predicted octanol–water partition coefficient (Wildman–Crippen LogP) is 3.48. The summed E-state index contributed by atoms with van der Waals surface area (Å²) in [6.45, 7) is 5.18. The van der Waals surface area contributed by atoms with Gasteiger partial charge in [-0.1, -0.05) is 36.4 Å². The highest BCUT2D eigenvalue weighted by atomic mass is 16.5. The fourth-order valence-corrected chi connectivity index (χ4v) is 4.88. The quantitative estimate of drug-likeness (QED) is 0.598. The third kappa shape index (κ3) is 4.12. The van der Waals surface area contributed by atoms with Crippen LogP contribution in [0.3, 0.4) is 0 Å². The van der Waals surface area contributed by atoms with Crippen LogP contribution in [0.2, 0.25) is 0 Å². The molecular weight excluding hydrogens is 432 g/mol. The Bertz CT molecular complexity index is 1270. The number of likely N-dealkylation sites (tertiary alicyclic amines) is 1. The van der Waals surface area contributed by atoms with Gasteiger partial charge in [0, 0.05) is 43.2 Å². The van der Waals surface area contributed by atoms with Crippen LogP contribution in [0, 0.1) is 12.8 Å². The molecule has 5 rings (SSSR count). The van der Waals surface area contributed by atoms with Gasteiger partial charge >= 0.3 is 0 Å². The number of carbonyl (C=O) groups is 2. The first-order chi connectivity index (χ1) is 16.5. The first-order valence-corrected chi connectivity index (χ1v) is 11.8. The average Bonchev–Trinajstić information content (AvgIpc) is 2.90. The predicted molar refractivity (Wildman–Crippen MR) is 129 cm³/mol. The van der Waals surface area contributed by atoms with E-state index in [0.717, 1.165) is 5.56 Å². The summed E-state index contributed by atoms with van der Waals surface area (Å²) in [7, 11) is 0. The van der Waals surface area contributed by atoms with E-state index in [1.165, 1.54) is 0 Å². The largest absolute Gasteiger partial charge is 0.455 e. The van der Waals surface area contributed by atoms with Gasteiger partial charge < -0.3 is 19.0 Å². The fraction of sp³-hybridized carbons (Fsp3) is 0.370. The first-order valence-electron chi connectivity index (χ1n) is 11.8. The van der Waals surface area contributed by atoms with Gasteiger partial charge in [0.1, 0.15) is 5.76 Å². The number of amides is 2. The fourth-order valence-electron chi connectivity index (χ4n) is 4.88. The molecule has 0 N–H and O–H groups in total. The van der Waals surface area contributed by atoms with Gasteiger partial charge in [0.2, 0.25) is 5.91 Å². The number of hydrogen-bond acceptors (Lipinski definition) is 5. The maximum Gasteiger partial charge on any atom is 0.257 e. The van der Waals surface area contributed by atoms with E-state index < -0.39 is 0 Å². The monoisotopic (exact) mass is 460 g/mol.